The van der Waals surface area contributed by atoms with E-state index in [0.717, 1.165) is 18.7 Å². The lowest BCUT2D eigenvalue weighted by atomic mass is 10.1. The minimum atomic E-state index is -0.369. The summed E-state index contributed by atoms with van der Waals surface area (Å²) in [5.74, 6) is 0.809. The van der Waals surface area contributed by atoms with Gasteiger partial charge in [0.05, 0.1) is 12.2 Å². The number of anilines is 2. The van der Waals surface area contributed by atoms with Gasteiger partial charge < -0.3 is 15.8 Å². The van der Waals surface area contributed by atoms with Crippen LogP contribution in [-0.4, -0.2) is 31.1 Å². The summed E-state index contributed by atoms with van der Waals surface area (Å²) in [7, 11) is 0. The molecule has 19 heavy (non-hydrogen) atoms. The molecule has 0 saturated heterocycles. The Morgan fingerprint density at radius 1 is 1.42 bits per heavy atom. The van der Waals surface area contributed by atoms with Gasteiger partial charge in [0.15, 0.2) is 0 Å². The predicted octanol–water partition coefficient (Wildman–Crippen LogP) is 3.00. The Kier molecular flexibility index (Phi) is 7.18. The fraction of sp³-hybridized carbons (Fsp3) is 0.500. The molecule has 1 aromatic carbocycles. The smallest absolute Gasteiger partial charge is 0.340 e. The second-order valence-electron chi connectivity index (χ2n) is 4.15. The molecule has 0 heterocycles. The molecule has 5 heteroatoms. The van der Waals surface area contributed by atoms with Crippen LogP contribution >= 0.6 is 11.8 Å². The maximum atomic E-state index is 11.7. The summed E-state index contributed by atoms with van der Waals surface area (Å²) in [4.78, 5) is 11.7. The number of hydrogen-bond acceptors (Lipinski definition) is 5. The Labute approximate surface area is 119 Å². The molecule has 0 aromatic heterocycles. The quantitative estimate of drug-likeness (QED) is 0.436. The Hall–Kier alpha value is -1.36. The molecule has 0 saturated carbocycles. The lowest BCUT2D eigenvalue weighted by Crippen LogP contribution is -2.09. The van der Waals surface area contributed by atoms with Gasteiger partial charge in [-0.25, -0.2) is 4.79 Å². The molecule has 3 N–H and O–H groups in total. The van der Waals surface area contributed by atoms with E-state index in [0.29, 0.717) is 17.9 Å². The molecule has 1 rings (SSSR count). The summed E-state index contributed by atoms with van der Waals surface area (Å²) in [6, 6.07) is 5.37. The number of nitrogen functional groups attached to an aromatic ring is 1. The molecule has 0 aliphatic carbocycles. The number of unbranched alkanes of at least 4 members (excludes halogenated alkanes) is 1. The van der Waals surface area contributed by atoms with E-state index < -0.39 is 0 Å². The monoisotopic (exact) mass is 282 g/mol. The van der Waals surface area contributed by atoms with Crippen LogP contribution in [0.4, 0.5) is 11.4 Å². The number of carbonyl (C=O) groups excluding carboxylic acids is 1. The molecule has 0 amide bonds. The van der Waals surface area contributed by atoms with Gasteiger partial charge in [0, 0.05) is 17.9 Å². The van der Waals surface area contributed by atoms with Crippen molar-refractivity contribution >= 4 is 29.1 Å². The number of benzene rings is 1. The highest BCUT2D eigenvalue weighted by Gasteiger charge is 2.11. The van der Waals surface area contributed by atoms with Gasteiger partial charge >= 0.3 is 5.97 Å². The van der Waals surface area contributed by atoms with Crippen LogP contribution in [0, 0.1) is 0 Å². The summed E-state index contributed by atoms with van der Waals surface area (Å²) in [5, 5.41) is 3.30. The third kappa shape index (κ3) is 5.42. The lowest BCUT2D eigenvalue weighted by molar-refractivity contribution is 0.0527. The van der Waals surface area contributed by atoms with E-state index >= 15 is 0 Å². The minimum absolute atomic E-state index is 0.352. The van der Waals surface area contributed by atoms with Crippen LogP contribution in [-0.2, 0) is 4.74 Å². The molecule has 4 nitrogen and oxygen atoms in total. The number of hydrogen-bond donors (Lipinski definition) is 2. The highest BCUT2D eigenvalue weighted by Crippen LogP contribution is 2.19. The Morgan fingerprint density at radius 2 is 2.21 bits per heavy atom. The van der Waals surface area contributed by atoms with Crippen molar-refractivity contribution in [3.63, 3.8) is 0 Å². The average molecular weight is 282 g/mol. The van der Waals surface area contributed by atoms with Crippen LogP contribution in [0.1, 0.15) is 30.1 Å². The van der Waals surface area contributed by atoms with Crippen molar-refractivity contribution in [2.75, 3.05) is 36.2 Å². The number of carbonyl (C=O) groups is 1. The fourth-order valence-electron chi connectivity index (χ4n) is 1.66. The van der Waals surface area contributed by atoms with E-state index in [1.165, 1.54) is 12.2 Å². The average Bonchev–Trinajstić information content (AvgIpc) is 2.40. The van der Waals surface area contributed by atoms with Crippen LogP contribution < -0.4 is 11.1 Å². The Morgan fingerprint density at radius 3 is 2.89 bits per heavy atom. The van der Waals surface area contributed by atoms with Crippen LogP contribution in [0.2, 0.25) is 0 Å². The fourth-order valence-corrected chi connectivity index (χ4v) is 2.15. The van der Waals surface area contributed by atoms with E-state index in [1.54, 1.807) is 19.1 Å². The zero-order chi connectivity index (χ0) is 14.1. The van der Waals surface area contributed by atoms with Crippen LogP contribution in [0.15, 0.2) is 18.2 Å². The van der Waals surface area contributed by atoms with E-state index in [1.807, 2.05) is 17.8 Å². The molecule has 0 bridgehead atoms. The molecule has 0 aliphatic heterocycles. The summed E-state index contributed by atoms with van der Waals surface area (Å²) >= 11 is 1.86. The third-order valence-electron chi connectivity index (χ3n) is 2.65. The number of rotatable bonds is 8. The number of thioether (sulfide) groups is 1. The van der Waals surface area contributed by atoms with Gasteiger partial charge in [0.2, 0.25) is 0 Å². The largest absolute Gasteiger partial charge is 0.462 e. The summed E-state index contributed by atoms with van der Waals surface area (Å²) in [5.41, 5.74) is 7.56. The molecule has 1 aromatic rings. The van der Waals surface area contributed by atoms with Crippen molar-refractivity contribution in [3.8, 4) is 0 Å². The van der Waals surface area contributed by atoms with Gasteiger partial charge in [-0.05, 0) is 50.0 Å². The SMILES string of the molecule is CCOC(=O)c1cc(NCCCCSC)ccc1N. The number of nitrogens with two attached hydrogens (primary N) is 1. The number of ether oxygens (including phenoxy) is 1. The topological polar surface area (TPSA) is 64.3 Å². The van der Waals surface area contributed by atoms with Gasteiger partial charge in [0.25, 0.3) is 0 Å². The van der Waals surface area contributed by atoms with Crippen LogP contribution in [0.5, 0.6) is 0 Å². The number of esters is 1. The molecule has 0 unspecified atom stereocenters. The zero-order valence-corrected chi connectivity index (χ0v) is 12.4. The van der Waals surface area contributed by atoms with Gasteiger partial charge in [-0.3, -0.25) is 0 Å². The first-order chi connectivity index (χ1) is 9.19. The van der Waals surface area contributed by atoms with Crippen molar-refractivity contribution in [3.05, 3.63) is 23.8 Å². The highest BCUT2D eigenvalue weighted by molar-refractivity contribution is 7.98. The Balaban J connectivity index is 2.55. The van der Waals surface area contributed by atoms with Crippen molar-refractivity contribution in [1.29, 1.82) is 0 Å². The van der Waals surface area contributed by atoms with E-state index in [9.17, 15) is 4.79 Å². The van der Waals surface area contributed by atoms with Crippen LogP contribution in [0.25, 0.3) is 0 Å². The van der Waals surface area contributed by atoms with E-state index in [-0.39, 0.29) is 5.97 Å². The summed E-state index contributed by atoms with van der Waals surface area (Å²) in [6.07, 6.45) is 4.41. The normalized spacial score (nSPS) is 10.2. The third-order valence-corrected chi connectivity index (χ3v) is 3.35. The second kappa shape index (κ2) is 8.69. The molecule has 0 atom stereocenters. The summed E-state index contributed by atoms with van der Waals surface area (Å²) in [6.45, 7) is 3.03. The van der Waals surface area contributed by atoms with Crippen molar-refractivity contribution < 1.29 is 9.53 Å². The first-order valence-electron chi connectivity index (χ1n) is 6.48. The first-order valence-corrected chi connectivity index (χ1v) is 7.88. The Bertz CT molecular complexity index is 410. The molecule has 0 radical (unpaired) electrons. The van der Waals surface area contributed by atoms with Gasteiger partial charge in [0.1, 0.15) is 0 Å². The maximum Gasteiger partial charge on any atom is 0.340 e. The van der Waals surface area contributed by atoms with Gasteiger partial charge in [-0.1, -0.05) is 0 Å². The van der Waals surface area contributed by atoms with Crippen molar-refractivity contribution in [1.82, 2.24) is 0 Å². The zero-order valence-electron chi connectivity index (χ0n) is 11.6. The minimum Gasteiger partial charge on any atom is -0.462 e. The lowest BCUT2D eigenvalue weighted by Gasteiger charge is -2.10. The molecule has 0 aliphatic rings. The van der Waals surface area contributed by atoms with Gasteiger partial charge in [-0.15, -0.1) is 0 Å². The van der Waals surface area contributed by atoms with E-state index in [4.69, 9.17) is 10.5 Å². The second-order valence-corrected chi connectivity index (χ2v) is 5.13. The molecular weight excluding hydrogens is 260 g/mol. The highest BCUT2D eigenvalue weighted by atomic mass is 32.2. The molecular formula is C14H22N2O2S. The molecule has 0 fully saturated rings. The summed E-state index contributed by atoms with van der Waals surface area (Å²) < 4.78 is 4.97. The number of nitrogens with one attached hydrogen (secondary N) is 1. The van der Waals surface area contributed by atoms with Crippen molar-refractivity contribution in [2.45, 2.75) is 19.8 Å². The molecule has 0 spiro atoms. The molecule has 106 valence electrons. The predicted molar refractivity (Wildman–Crippen MR) is 82.9 cm³/mol. The van der Waals surface area contributed by atoms with Crippen molar-refractivity contribution in [2.24, 2.45) is 0 Å². The van der Waals surface area contributed by atoms with Crippen LogP contribution in [0.3, 0.4) is 0 Å². The van der Waals surface area contributed by atoms with E-state index in [2.05, 4.69) is 11.6 Å². The standard InChI is InChI=1S/C14H22N2O2S/c1-3-18-14(17)12-10-11(6-7-13(12)15)16-8-4-5-9-19-2/h6-7,10,16H,3-5,8-9,15H2,1-2H3. The first kappa shape index (κ1) is 15.7. The maximum absolute atomic E-state index is 11.7. The van der Waals surface area contributed by atoms with Gasteiger partial charge in [-0.2, -0.15) is 11.8 Å².